The van der Waals surface area contributed by atoms with E-state index < -0.39 is 0 Å². The molecule has 0 aromatic rings. The number of rotatable bonds is 5. The Kier molecular flexibility index (Phi) is 3.28. The van der Waals surface area contributed by atoms with E-state index in [1.54, 1.807) is 0 Å². The summed E-state index contributed by atoms with van der Waals surface area (Å²) in [6.07, 6.45) is 13.4. The summed E-state index contributed by atoms with van der Waals surface area (Å²) in [5.41, 5.74) is 1.52. The Labute approximate surface area is 63.6 Å². The van der Waals surface area contributed by atoms with Gasteiger partial charge < -0.3 is 0 Å². The maximum absolute atomic E-state index is 2.30. The lowest BCUT2D eigenvalue weighted by molar-refractivity contribution is 0.729. The highest BCUT2D eigenvalue weighted by atomic mass is 14.0. The lowest BCUT2D eigenvalue weighted by Crippen LogP contribution is -1.69. The minimum Gasteiger partial charge on any atom is -0.0843 e. The van der Waals surface area contributed by atoms with E-state index in [1.165, 1.54) is 37.7 Å². The molecule has 0 aromatic carbocycles. The Morgan fingerprint density at radius 2 is 2.30 bits per heavy atom. The first-order chi connectivity index (χ1) is 4.93. The fraction of sp³-hybridized carbons (Fsp3) is 0.600. The van der Waals surface area contributed by atoms with Crippen molar-refractivity contribution in [1.29, 1.82) is 0 Å². The molecule has 0 N–H and O–H groups in total. The maximum atomic E-state index is 2.30. The predicted octanol–water partition coefficient (Wildman–Crippen LogP) is 3.45. The highest BCUT2D eigenvalue weighted by molar-refractivity contribution is 5.33. The van der Waals surface area contributed by atoms with Gasteiger partial charge in [-0.25, -0.2) is 0 Å². The van der Waals surface area contributed by atoms with Gasteiger partial charge in [-0.1, -0.05) is 38.0 Å². The molecule has 0 bridgehead atoms. The Bertz CT molecular complexity index is 140. The van der Waals surface area contributed by atoms with Crippen LogP contribution in [-0.2, 0) is 0 Å². The van der Waals surface area contributed by atoms with Gasteiger partial charge in [0.2, 0.25) is 0 Å². The van der Waals surface area contributed by atoms with Crippen molar-refractivity contribution in [3.05, 3.63) is 23.8 Å². The van der Waals surface area contributed by atoms with E-state index in [0.717, 1.165) is 0 Å². The van der Waals surface area contributed by atoms with Crippen molar-refractivity contribution in [3.8, 4) is 0 Å². The zero-order chi connectivity index (χ0) is 7.23. The molecule has 1 aliphatic rings. The van der Waals surface area contributed by atoms with Crippen LogP contribution in [0.15, 0.2) is 23.8 Å². The number of hydrogen-bond donors (Lipinski definition) is 0. The topological polar surface area (TPSA) is 0 Å². The Hall–Kier alpha value is -0.520. The normalized spacial score (nSPS) is 15.9. The number of allylic oxidation sites excluding steroid dienone is 4. The van der Waals surface area contributed by atoms with Gasteiger partial charge >= 0.3 is 0 Å². The minimum absolute atomic E-state index is 1.24. The first kappa shape index (κ1) is 7.59. The Morgan fingerprint density at radius 1 is 1.50 bits per heavy atom. The molecule has 1 aliphatic carbocycles. The molecule has 1 rings (SSSR count). The molecule has 0 aliphatic heterocycles. The van der Waals surface area contributed by atoms with Crippen LogP contribution in [-0.4, -0.2) is 0 Å². The lowest BCUT2D eigenvalue weighted by Gasteiger charge is -1.89. The first-order valence-corrected chi connectivity index (χ1v) is 4.29. The molecule has 0 saturated carbocycles. The van der Waals surface area contributed by atoms with Gasteiger partial charge in [0.1, 0.15) is 0 Å². The van der Waals surface area contributed by atoms with Crippen molar-refractivity contribution in [2.45, 2.75) is 39.0 Å². The third-order valence-electron chi connectivity index (χ3n) is 1.75. The molecule has 0 aromatic heterocycles. The number of unbranched alkanes of at least 4 members (excludes halogenated alkanes) is 3. The lowest BCUT2D eigenvalue weighted by atomic mass is 10.2. The Balaban J connectivity index is 1.88. The average molecular weight is 136 g/mol. The van der Waals surface area contributed by atoms with Gasteiger partial charge in [-0.3, -0.25) is 0 Å². The van der Waals surface area contributed by atoms with Gasteiger partial charge in [0.05, 0.1) is 0 Å². The number of hydrogen-bond acceptors (Lipinski definition) is 0. The van der Waals surface area contributed by atoms with Crippen LogP contribution in [0.5, 0.6) is 0 Å². The highest BCUT2D eigenvalue weighted by Gasteiger charge is 1.99. The van der Waals surface area contributed by atoms with Gasteiger partial charge in [0, 0.05) is 0 Å². The molecule has 0 fully saturated rings. The molecule has 0 heteroatoms. The van der Waals surface area contributed by atoms with Crippen LogP contribution in [0, 0.1) is 0 Å². The van der Waals surface area contributed by atoms with Crippen LogP contribution in [0.4, 0.5) is 0 Å². The largest absolute Gasteiger partial charge is 0.0843 e. The molecular formula is C10H16. The second-order valence-corrected chi connectivity index (χ2v) is 2.88. The van der Waals surface area contributed by atoms with Crippen LogP contribution in [0.25, 0.3) is 0 Å². The fourth-order valence-electron chi connectivity index (χ4n) is 0.942. The SMILES string of the molecule is CCCCCC=CC1=CC1. The highest BCUT2D eigenvalue weighted by Crippen LogP contribution is 2.19. The van der Waals surface area contributed by atoms with Crippen molar-refractivity contribution in [1.82, 2.24) is 0 Å². The van der Waals surface area contributed by atoms with Crippen molar-refractivity contribution in [2.24, 2.45) is 0 Å². The first-order valence-electron chi connectivity index (χ1n) is 4.29. The van der Waals surface area contributed by atoms with E-state index in [9.17, 15) is 0 Å². The average Bonchev–Trinajstić information content (AvgIpc) is 2.71. The third-order valence-corrected chi connectivity index (χ3v) is 1.75. The van der Waals surface area contributed by atoms with E-state index in [1.807, 2.05) is 0 Å². The summed E-state index contributed by atoms with van der Waals surface area (Å²) in [6, 6.07) is 0. The van der Waals surface area contributed by atoms with Crippen LogP contribution in [0.1, 0.15) is 39.0 Å². The van der Waals surface area contributed by atoms with Gasteiger partial charge in [0.25, 0.3) is 0 Å². The minimum atomic E-state index is 1.24. The Morgan fingerprint density at radius 3 is 2.90 bits per heavy atom. The van der Waals surface area contributed by atoms with Crippen LogP contribution >= 0.6 is 0 Å². The smallest absolute Gasteiger partial charge is 0.00947 e. The summed E-state index contributed by atoms with van der Waals surface area (Å²) in [4.78, 5) is 0. The molecule has 0 nitrogen and oxygen atoms in total. The standard InChI is InChI=1S/C10H16/c1-2-3-4-5-6-7-10-8-9-10/h6-8H,2-5,9H2,1H3. The summed E-state index contributed by atoms with van der Waals surface area (Å²) in [6.45, 7) is 2.24. The van der Waals surface area contributed by atoms with Gasteiger partial charge in [-0.2, -0.15) is 0 Å². The van der Waals surface area contributed by atoms with Crippen molar-refractivity contribution >= 4 is 0 Å². The molecule has 0 heterocycles. The zero-order valence-electron chi connectivity index (χ0n) is 6.77. The van der Waals surface area contributed by atoms with Crippen LogP contribution in [0.3, 0.4) is 0 Å². The molecule has 0 atom stereocenters. The van der Waals surface area contributed by atoms with Crippen molar-refractivity contribution in [3.63, 3.8) is 0 Å². The van der Waals surface area contributed by atoms with Crippen LogP contribution in [0.2, 0.25) is 0 Å². The van der Waals surface area contributed by atoms with Crippen molar-refractivity contribution in [2.75, 3.05) is 0 Å². The van der Waals surface area contributed by atoms with Crippen LogP contribution < -0.4 is 0 Å². The second-order valence-electron chi connectivity index (χ2n) is 2.88. The summed E-state index contributed by atoms with van der Waals surface area (Å²) >= 11 is 0. The van der Waals surface area contributed by atoms with E-state index in [0.29, 0.717) is 0 Å². The summed E-state index contributed by atoms with van der Waals surface area (Å²) in [5.74, 6) is 0. The van der Waals surface area contributed by atoms with E-state index in [4.69, 9.17) is 0 Å². The maximum Gasteiger partial charge on any atom is -0.00947 e. The summed E-state index contributed by atoms with van der Waals surface area (Å²) in [7, 11) is 0. The van der Waals surface area contributed by atoms with Gasteiger partial charge in [-0.05, 0) is 24.8 Å². The third kappa shape index (κ3) is 3.49. The fourth-order valence-corrected chi connectivity index (χ4v) is 0.942. The molecule has 10 heavy (non-hydrogen) atoms. The van der Waals surface area contributed by atoms with E-state index >= 15 is 0 Å². The molecule has 0 saturated heterocycles. The van der Waals surface area contributed by atoms with Gasteiger partial charge in [-0.15, -0.1) is 0 Å². The second kappa shape index (κ2) is 4.32. The molecule has 0 radical (unpaired) electrons. The summed E-state index contributed by atoms with van der Waals surface area (Å²) in [5, 5.41) is 0. The monoisotopic (exact) mass is 136 g/mol. The molecule has 0 spiro atoms. The quantitative estimate of drug-likeness (QED) is 0.508. The van der Waals surface area contributed by atoms with Crippen molar-refractivity contribution < 1.29 is 0 Å². The van der Waals surface area contributed by atoms with E-state index in [2.05, 4.69) is 25.2 Å². The zero-order valence-corrected chi connectivity index (χ0v) is 6.77. The summed E-state index contributed by atoms with van der Waals surface area (Å²) < 4.78 is 0. The molecule has 56 valence electrons. The molecule has 0 unspecified atom stereocenters. The molecular weight excluding hydrogens is 120 g/mol. The van der Waals surface area contributed by atoms with E-state index in [-0.39, 0.29) is 0 Å². The van der Waals surface area contributed by atoms with Gasteiger partial charge in [0.15, 0.2) is 0 Å². The molecule has 0 amide bonds. The predicted molar refractivity (Wildman–Crippen MR) is 46.0 cm³/mol.